The first-order valence-electron chi connectivity index (χ1n) is 28.2. The van der Waals surface area contributed by atoms with Crippen molar-refractivity contribution in [2.24, 2.45) is 11.8 Å². The summed E-state index contributed by atoms with van der Waals surface area (Å²) in [4.78, 5) is 150. The quantitative estimate of drug-likeness (QED) is 0.0197. The van der Waals surface area contributed by atoms with Crippen molar-refractivity contribution in [2.75, 3.05) is 57.9 Å². The highest BCUT2D eigenvalue weighted by Crippen LogP contribution is 2.21. The van der Waals surface area contributed by atoms with Gasteiger partial charge in [-0.3, -0.25) is 73.3 Å². The number of carboxylic acids is 1. The number of hydrogen-bond donors (Lipinski definition) is 8. The SMILES string of the molecule is CSCC[C@H](NC(=O)c1cccc(OCC(=O)NCCCCCN(O)C(=O)CCC(=O)CCCCCCN(O)C(=O)CCC(=O)NCCCCCN(O)C(C)=O)c1)C(=O)C[C@H](C(=O)N[C@@H](CCCCN1C(=O)C=CC1=O)C(=O)O)C(C)C. The number of carbonyl (C=O) groups is 12. The zero-order valence-electron chi connectivity index (χ0n) is 47.9. The predicted octanol–water partition coefficient (Wildman–Crippen LogP) is 4.14. The van der Waals surface area contributed by atoms with Gasteiger partial charge in [0.05, 0.1) is 6.04 Å². The van der Waals surface area contributed by atoms with Gasteiger partial charge in [0, 0.05) is 108 Å². The first-order valence-corrected chi connectivity index (χ1v) is 29.6. The Hall–Kier alpha value is -6.77. The molecule has 0 bridgehead atoms. The van der Waals surface area contributed by atoms with E-state index in [1.807, 2.05) is 6.26 Å². The summed E-state index contributed by atoms with van der Waals surface area (Å²) in [6.45, 7) is 5.46. The van der Waals surface area contributed by atoms with Crippen LogP contribution in [-0.4, -0.2) is 181 Å². The lowest BCUT2D eigenvalue weighted by Crippen LogP contribution is -2.47. The second-order valence-corrected chi connectivity index (χ2v) is 21.4. The Kier molecular flexibility index (Phi) is 35.2. The number of nitrogens with zero attached hydrogens (tertiary/aromatic N) is 4. The van der Waals surface area contributed by atoms with Gasteiger partial charge in [-0.2, -0.15) is 11.8 Å². The number of ether oxygens (including phenoxy) is 1. The summed E-state index contributed by atoms with van der Waals surface area (Å²) < 4.78 is 5.63. The first kappa shape index (κ1) is 71.3. The molecule has 0 saturated carbocycles. The highest BCUT2D eigenvalue weighted by molar-refractivity contribution is 7.98. The minimum absolute atomic E-state index is 0.0277. The van der Waals surface area contributed by atoms with Gasteiger partial charge in [-0.05, 0) is 113 Å². The third kappa shape index (κ3) is 29.8. The van der Waals surface area contributed by atoms with Gasteiger partial charge in [0.25, 0.3) is 23.6 Å². The number of Topliss-reactive ketones (excluding diaryl/α,β-unsaturated/α-hetero) is 2. The Labute approximate surface area is 483 Å². The zero-order chi connectivity index (χ0) is 61.0. The minimum atomic E-state index is -1.27. The van der Waals surface area contributed by atoms with Gasteiger partial charge in [0.1, 0.15) is 17.6 Å². The van der Waals surface area contributed by atoms with Crippen molar-refractivity contribution >= 4 is 82.5 Å². The maximum absolute atomic E-state index is 13.7. The molecule has 1 heterocycles. The molecular formula is C56H86N8O17S. The summed E-state index contributed by atoms with van der Waals surface area (Å²) in [5.41, 5.74) is 0.150. The van der Waals surface area contributed by atoms with Gasteiger partial charge in [-0.15, -0.1) is 0 Å². The Balaban J connectivity index is 1.64. The second kappa shape index (κ2) is 40.4. The second-order valence-electron chi connectivity index (χ2n) is 20.4. The topological polar surface area (TPSA) is 356 Å². The van der Waals surface area contributed by atoms with Gasteiger partial charge < -0.3 is 31.1 Å². The van der Waals surface area contributed by atoms with E-state index in [9.17, 15) is 78.3 Å². The van der Waals surface area contributed by atoms with Crippen LogP contribution in [0, 0.1) is 11.8 Å². The van der Waals surface area contributed by atoms with Crippen LogP contribution in [0.15, 0.2) is 36.4 Å². The molecule has 9 amide bonds. The van der Waals surface area contributed by atoms with E-state index in [1.54, 1.807) is 26.0 Å². The van der Waals surface area contributed by atoms with Crippen LogP contribution in [-0.2, 0) is 52.7 Å². The fraction of sp³-hybridized carbons (Fsp3) is 0.643. The van der Waals surface area contributed by atoms with Crippen LogP contribution >= 0.6 is 11.8 Å². The molecule has 0 spiro atoms. The van der Waals surface area contributed by atoms with Gasteiger partial charge in [0.15, 0.2) is 12.4 Å². The van der Waals surface area contributed by atoms with Crippen molar-refractivity contribution in [2.45, 2.75) is 161 Å². The smallest absolute Gasteiger partial charge is 0.326 e. The van der Waals surface area contributed by atoms with Gasteiger partial charge in [-0.25, -0.2) is 20.0 Å². The van der Waals surface area contributed by atoms with Gasteiger partial charge >= 0.3 is 5.97 Å². The molecule has 0 saturated heterocycles. The number of imide groups is 1. The van der Waals surface area contributed by atoms with Crippen molar-refractivity contribution in [3.63, 3.8) is 0 Å². The minimum Gasteiger partial charge on any atom is -0.484 e. The standard InChI is InChI=1S/C56H86N8O17S/c1-39(2)44(55(75)60-46(56(76)77)21-10-16-31-61-50(70)26-27-51(61)71)37-47(67)45(28-35-82-4)59-54(74)41-18-17-20-43(36-41)81-38-49(69)58-30-12-8-15-34-63(79)52(72)24-22-42(66)19-9-5-6-13-33-64(80)53(73)25-23-48(68)57-29-11-7-14-32-62(78)40(3)65/h17-18,20,26-27,36,39,44-46,78-80H,5-16,19,21-25,28-35,37-38H2,1-4H3,(H,57,68)(H,58,69)(H,59,74)(H,60,75)(H,76,77)/t44-,45-,46-/m0/s1. The summed E-state index contributed by atoms with van der Waals surface area (Å²) in [6, 6.07) is 3.79. The Morgan fingerprint density at radius 1 is 0.646 bits per heavy atom. The fourth-order valence-corrected chi connectivity index (χ4v) is 8.85. The molecule has 25 nitrogen and oxygen atoms in total. The number of thioether (sulfide) groups is 1. The zero-order valence-corrected chi connectivity index (χ0v) is 48.7. The largest absolute Gasteiger partial charge is 0.484 e. The van der Waals surface area contributed by atoms with Crippen molar-refractivity contribution in [1.82, 2.24) is 41.4 Å². The molecule has 1 aromatic carbocycles. The van der Waals surface area contributed by atoms with E-state index in [2.05, 4.69) is 21.3 Å². The van der Waals surface area contributed by atoms with Gasteiger partial charge in [-0.1, -0.05) is 32.8 Å². The molecule has 0 unspecified atom stereocenters. The van der Waals surface area contributed by atoms with Crippen molar-refractivity contribution in [3.05, 3.63) is 42.0 Å². The van der Waals surface area contributed by atoms with Crippen LogP contribution in [0.3, 0.4) is 0 Å². The summed E-state index contributed by atoms with van der Waals surface area (Å²) in [6.07, 6.45) is 10.4. The van der Waals surface area contributed by atoms with E-state index in [0.29, 0.717) is 105 Å². The molecule has 0 fully saturated rings. The Morgan fingerprint density at radius 3 is 1.80 bits per heavy atom. The van der Waals surface area contributed by atoms with E-state index >= 15 is 0 Å². The average Bonchev–Trinajstić information content (AvgIpc) is 3.79. The van der Waals surface area contributed by atoms with Crippen LogP contribution in [0.5, 0.6) is 5.75 Å². The summed E-state index contributed by atoms with van der Waals surface area (Å²) in [5.74, 6) is -6.86. The number of carbonyl (C=O) groups excluding carboxylic acids is 11. The van der Waals surface area contributed by atoms with Crippen LogP contribution < -0.4 is 26.0 Å². The summed E-state index contributed by atoms with van der Waals surface area (Å²) in [5, 5.41) is 52.0. The lowest BCUT2D eigenvalue weighted by Gasteiger charge is -2.25. The average molecular weight is 1180 g/mol. The van der Waals surface area contributed by atoms with Crippen LogP contribution in [0.25, 0.3) is 0 Å². The number of carboxylic acid groups (broad SMARTS) is 1. The van der Waals surface area contributed by atoms with E-state index in [-0.39, 0.29) is 120 Å². The molecule has 26 heteroatoms. The van der Waals surface area contributed by atoms with Gasteiger partial charge in [0.2, 0.25) is 29.5 Å². The number of unbranched alkanes of at least 4 members (excludes halogenated alkanes) is 8. The highest BCUT2D eigenvalue weighted by atomic mass is 32.2. The van der Waals surface area contributed by atoms with Crippen molar-refractivity contribution in [3.8, 4) is 5.75 Å². The van der Waals surface area contributed by atoms with Crippen molar-refractivity contribution in [1.29, 1.82) is 0 Å². The molecule has 0 aromatic heterocycles. The predicted molar refractivity (Wildman–Crippen MR) is 300 cm³/mol. The van der Waals surface area contributed by atoms with Crippen molar-refractivity contribution < 1.29 is 83.0 Å². The molecule has 8 N–H and O–H groups in total. The van der Waals surface area contributed by atoms with E-state index in [0.717, 1.165) is 17.1 Å². The maximum atomic E-state index is 13.7. The van der Waals surface area contributed by atoms with Crippen LogP contribution in [0.4, 0.5) is 0 Å². The highest BCUT2D eigenvalue weighted by Gasteiger charge is 2.32. The molecule has 1 aliphatic heterocycles. The Bertz CT molecular complexity index is 2300. The fourth-order valence-electron chi connectivity index (χ4n) is 8.38. The number of aliphatic carboxylic acids is 1. The number of benzene rings is 1. The molecule has 1 aliphatic rings. The molecule has 0 radical (unpaired) electrons. The monoisotopic (exact) mass is 1170 g/mol. The van der Waals surface area contributed by atoms with Crippen LogP contribution in [0.2, 0.25) is 0 Å². The number of ketones is 2. The molecular weight excluding hydrogens is 1090 g/mol. The molecule has 3 atom stereocenters. The molecule has 82 heavy (non-hydrogen) atoms. The number of hydrogen-bond acceptors (Lipinski definition) is 17. The van der Waals surface area contributed by atoms with E-state index in [1.165, 1.54) is 30.8 Å². The van der Waals surface area contributed by atoms with E-state index < -0.39 is 77.0 Å². The number of nitrogens with one attached hydrogen (secondary N) is 4. The number of amides is 9. The molecule has 0 aliphatic carbocycles. The third-order valence-electron chi connectivity index (χ3n) is 13.4. The molecule has 1 aromatic rings. The molecule has 458 valence electrons. The normalized spacial score (nSPS) is 13.0. The first-order chi connectivity index (χ1) is 39.0. The Morgan fingerprint density at radius 2 is 1.22 bits per heavy atom. The van der Waals surface area contributed by atoms with E-state index in [4.69, 9.17) is 4.74 Å². The molecule has 2 rings (SSSR count). The maximum Gasteiger partial charge on any atom is 0.326 e. The van der Waals surface area contributed by atoms with Crippen LogP contribution in [0.1, 0.15) is 160 Å². The third-order valence-corrected chi connectivity index (χ3v) is 14.1. The summed E-state index contributed by atoms with van der Waals surface area (Å²) >= 11 is 1.46. The summed E-state index contributed by atoms with van der Waals surface area (Å²) in [7, 11) is 0. The number of rotatable bonds is 45. The lowest BCUT2D eigenvalue weighted by atomic mass is 9.87. The lowest BCUT2D eigenvalue weighted by molar-refractivity contribution is -0.166. The number of hydroxylamine groups is 6.